The summed E-state index contributed by atoms with van der Waals surface area (Å²) in [5.74, 6) is 0.491. The van der Waals surface area contributed by atoms with Gasteiger partial charge in [-0.3, -0.25) is 4.68 Å². The van der Waals surface area contributed by atoms with Crippen LogP contribution < -0.4 is 0 Å². The van der Waals surface area contributed by atoms with Crippen LogP contribution in [0.5, 0.6) is 0 Å². The van der Waals surface area contributed by atoms with Gasteiger partial charge < -0.3 is 5.10 Å². The van der Waals surface area contributed by atoms with Crippen molar-refractivity contribution in [2.75, 3.05) is 0 Å². The lowest BCUT2D eigenvalue weighted by molar-refractivity contribution is 0.573. The zero-order valence-electron chi connectivity index (χ0n) is 11.2. The van der Waals surface area contributed by atoms with E-state index in [0.717, 1.165) is 11.1 Å². The van der Waals surface area contributed by atoms with Gasteiger partial charge in [0.2, 0.25) is 5.82 Å². The molecule has 104 valence electrons. The normalized spacial score (nSPS) is 10.5. The summed E-state index contributed by atoms with van der Waals surface area (Å²) in [6.45, 7) is 0.488. The Balaban J connectivity index is 1.83. The van der Waals surface area contributed by atoms with Gasteiger partial charge in [0.1, 0.15) is 4.64 Å². The summed E-state index contributed by atoms with van der Waals surface area (Å²) >= 11 is 5.26. The Bertz CT molecular complexity index is 863. The number of rotatable bonds is 3. The first-order chi connectivity index (χ1) is 10.2. The molecule has 2 heterocycles. The van der Waals surface area contributed by atoms with Crippen molar-refractivity contribution in [1.29, 1.82) is 5.26 Å². The number of hydrogen-bond donors (Lipinski definition) is 1. The molecule has 0 aliphatic heterocycles. The maximum atomic E-state index is 8.77. The Morgan fingerprint density at radius 1 is 1.33 bits per heavy atom. The zero-order chi connectivity index (χ0) is 14.8. The van der Waals surface area contributed by atoms with Gasteiger partial charge in [0.15, 0.2) is 0 Å². The number of aromatic nitrogens is 6. The van der Waals surface area contributed by atoms with Crippen LogP contribution in [-0.4, -0.2) is 30.0 Å². The topological polar surface area (TPSA) is 88.1 Å². The van der Waals surface area contributed by atoms with Gasteiger partial charge in [0.25, 0.3) is 0 Å². The Hall–Kier alpha value is -2.79. The van der Waals surface area contributed by atoms with Crippen molar-refractivity contribution in [3.05, 3.63) is 46.2 Å². The van der Waals surface area contributed by atoms with Gasteiger partial charge in [-0.25, -0.2) is 0 Å². The monoisotopic (exact) mass is 297 g/mol. The summed E-state index contributed by atoms with van der Waals surface area (Å²) < 4.78 is 2.35. The number of H-pyrrole nitrogens is 1. The van der Waals surface area contributed by atoms with Crippen molar-refractivity contribution in [2.24, 2.45) is 7.05 Å². The smallest absolute Gasteiger partial charge is 0.209 e. The van der Waals surface area contributed by atoms with Gasteiger partial charge in [-0.2, -0.15) is 10.1 Å². The fourth-order valence-corrected chi connectivity index (χ4v) is 2.09. The van der Waals surface area contributed by atoms with Crippen LogP contribution in [0.1, 0.15) is 11.1 Å². The second kappa shape index (κ2) is 5.30. The van der Waals surface area contributed by atoms with Crippen LogP contribution in [0, 0.1) is 16.0 Å². The molecule has 0 unspecified atom stereocenters. The van der Waals surface area contributed by atoms with Crippen LogP contribution in [0.3, 0.4) is 0 Å². The van der Waals surface area contributed by atoms with E-state index in [1.165, 1.54) is 4.80 Å². The molecule has 3 aromatic rings. The minimum absolute atomic E-state index is 0.488. The molecule has 8 heteroatoms. The standard InChI is InChI=1S/C13H11N7S/c1-19-13(21)11(7-15-19)12-16-18-20(17-12)8-10-4-2-9(6-14)3-5-10/h2-5,7,15H,8H2,1H3. The van der Waals surface area contributed by atoms with E-state index in [-0.39, 0.29) is 0 Å². The molecule has 1 aromatic carbocycles. The zero-order valence-corrected chi connectivity index (χ0v) is 12.0. The van der Waals surface area contributed by atoms with Crippen molar-refractivity contribution in [3.8, 4) is 17.5 Å². The van der Waals surface area contributed by atoms with Crippen molar-refractivity contribution in [1.82, 2.24) is 30.0 Å². The van der Waals surface area contributed by atoms with Crippen LogP contribution >= 0.6 is 12.2 Å². The van der Waals surface area contributed by atoms with E-state index in [2.05, 4.69) is 26.6 Å². The number of benzene rings is 1. The molecule has 21 heavy (non-hydrogen) atoms. The highest BCUT2D eigenvalue weighted by Gasteiger charge is 2.10. The Labute approximate surface area is 125 Å². The highest BCUT2D eigenvalue weighted by Crippen LogP contribution is 2.14. The number of nitriles is 1. The molecular formula is C13H11N7S. The predicted molar refractivity (Wildman–Crippen MR) is 77.7 cm³/mol. The first kappa shape index (κ1) is 13.2. The minimum Gasteiger partial charge on any atom is -0.304 e. The third kappa shape index (κ3) is 2.59. The molecule has 0 saturated carbocycles. The Morgan fingerprint density at radius 2 is 2.10 bits per heavy atom. The summed E-state index contributed by atoms with van der Waals surface area (Å²) in [4.78, 5) is 1.50. The average Bonchev–Trinajstić information content (AvgIpc) is 3.08. The minimum atomic E-state index is 0.488. The van der Waals surface area contributed by atoms with Gasteiger partial charge in [0.05, 0.1) is 23.7 Å². The summed E-state index contributed by atoms with van der Waals surface area (Å²) in [6, 6.07) is 9.36. The molecule has 3 rings (SSSR count). The highest BCUT2D eigenvalue weighted by atomic mass is 32.1. The van der Waals surface area contributed by atoms with E-state index in [4.69, 9.17) is 17.5 Å². The molecule has 0 saturated heterocycles. The summed E-state index contributed by atoms with van der Waals surface area (Å²) in [5.41, 5.74) is 2.37. The lowest BCUT2D eigenvalue weighted by Gasteiger charge is -1.98. The molecule has 0 aliphatic carbocycles. The van der Waals surface area contributed by atoms with Gasteiger partial charge >= 0.3 is 0 Å². The molecule has 1 N–H and O–H groups in total. The number of tetrazole rings is 1. The summed E-state index contributed by atoms with van der Waals surface area (Å²) in [6.07, 6.45) is 1.76. The van der Waals surface area contributed by atoms with Crippen LogP contribution in [0.4, 0.5) is 0 Å². The van der Waals surface area contributed by atoms with Crippen LogP contribution in [0.25, 0.3) is 11.4 Å². The van der Waals surface area contributed by atoms with Crippen LogP contribution in [0.2, 0.25) is 0 Å². The van der Waals surface area contributed by atoms with Gasteiger partial charge in [-0.1, -0.05) is 24.4 Å². The Kier molecular flexibility index (Phi) is 3.33. The van der Waals surface area contributed by atoms with E-state index in [0.29, 0.717) is 22.6 Å². The molecule has 2 aromatic heterocycles. The van der Waals surface area contributed by atoms with Gasteiger partial charge in [-0.15, -0.1) is 10.2 Å². The fraction of sp³-hybridized carbons (Fsp3) is 0.154. The molecule has 0 bridgehead atoms. The number of aromatic amines is 1. The predicted octanol–water partition coefficient (Wildman–Crippen LogP) is 1.66. The summed E-state index contributed by atoms with van der Waals surface area (Å²) in [7, 11) is 1.83. The largest absolute Gasteiger partial charge is 0.304 e. The van der Waals surface area contributed by atoms with E-state index in [9.17, 15) is 0 Å². The molecule has 0 spiro atoms. The number of hydrogen-bond acceptors (Lipinski definition) is 5. The first-order valence-corrected chi connectivity index (χ1v) is 6.60. The molecule has 0 fully saturated rings. The van der Waals surface area contributed by atoms with Crippen molar-refractivity contribution >= 4 is 12.2 Å². The average molecular weight is 297 g/mol. The molecule has 7 nitrogen and oxygen atoms in total. The molecular weight excluding hydrogens is 286 g/mol. The SMILES string of the molecule is Cn1[nH]cc(-c2nnn(Cc3ccc(C#N)cc3)n2)c1=S. The number of nitrogens with one attached hydrogen (secondary N) is 1. The van der Waals surface area contributed by atoms with E-state index < -0.39 is 0 Å². The third-order valence-corrected chi connectivity index (χ3v) is 3.53. The van der Waals surface area contributed by atoms with E-state index in [1.54, 1.807) is 23.0 Å². The maximum Gasteiger partial charge on any atom is 0.209 e. The molecule has 0 aliphatic rings. The second-order valence-corrected chi connectivity index (χ2v) is 4.89. The third-order valence-electron chi connectivity index (χ3n) is 3.04. The van der Waals surface area contributed by atoms with Crippen LogP contribution in [-0.2, 0) is 13.6 Å². The van der Waals surface area contributed by atoms with Gasteiger partial charge in [0, 0.05) is 13.2 Å². The molecule has 0 amide bonds. The lowest BCUT2D eigenvalue weighted by atomic mass is 10.1. The van der Waals surface area contributed by atoms with Crippen molar-refractivity contribution < 1.29 is 0 Å². The second-order valence-electron chi connectivity index (χ2n) is 4.50. The highest BCUT2D eigenvalue weighted by molar-refractivity contribution is 7.71. The van der Waals surface area contributed by atoms with Crippen molar-refractivity contribution in [3.63, 3.8) is 0 Å². The van der Waals surface area contributed by atoms with Crippen molar-refractivity contribution in [2.45, 2.75) is 6.54 Å². The summed E-state index contributed by atoms with van der Waals surface area (Å²) in [5, 5.41) is 24.1. The fourth-order valence-electron chi connectivity index (χ4n) is 1.89. The number of aryl methyl sites for hydroxylation is 1. The molecule has 0 radical (unpaired) electrons. The quantitative estimate of drug-likeness (QED) is 0.743. The number of nitrogens with zero attached hydrogens (tertiary/aromatic N) is 6. The maximum absolute atomic E-state index is 8.77. The van der Waals surface area contributed by atoms with Gasteiger partial charge in [-0.05, 0) is 22.9 Å². The molecule has 0 atom stereocenters. The van der Waals surface area contributed by atoms with Crippen LogP contribution in [0.15, 0.2) is 30.5 Å². The Morgan fingerprint density at radius 3 is 2.71 bits per heavy atom. The van der Waals surface area contributed by atoms with E-state index >= 15 is 0 Å². The first-order valence-electron chi connectivity index (χ1n) is 6.19. The lowest BCUT2D eigenvalue weighted by Crippen LogP contribution is -2.03. The van der Waals surface area contributed by atoms with E-state index in [1.807, 2.05) is 19.2 Å².